The monoisotopic (exact) mass is 738 g/mol. The molecule has 0 fully saturated rings. The molecule has 270 valence electrons. The fraction of sp³-hybridized carbons (Fsp3) is 0. The molecule has 4 nitrogen and oxygen atoms in total. The van der Waals surface area contributed by atoms with Gasteiger partial charge in [-0.25, -0.2) is 9.97 Å². The quantitative estimate of drug-likeness (QED) is 0.176. The summed E-state index contributed by atoms with van der Waals surface area (Å²) >= 11 is 0. The lowest BCUT2D eigenvalue weighted by molar-refractivity contribution is 1.17. The van der Waals surface area contributed by atoms with Crippen molar-refractivity contribution in [1.29, 1.82) is 0 Å². The molecule has 0 radical (unpaired) electrons. The van der Waals surface area contributed by atoms with Gasteiger partial charge in [-0.1, -0.05) is 140 Å². The summed E-state index contributed by atoms with van der Waals surface area (Å²) in [7, 11) is 0. The van der Waals surface area contributed by atoms with Gasteiger partial charge in [-0.2, -0.15) is 0 Å². The van der Waals surface area contributed by atoms with Crippen molar-refractivity contribution in [3.63, 3.8) is 0 Å². The zero-order chi connectivity index (χ0) is 38.2. The number of fused-ring (bicyclic) bond motifs is 9. The van der Waals surface area contributed by atoms with Crippen LogP contribution in [0.3, 0.4) is 0 Å². The summed E-state index contributed by atoms with van der Waals surface area (Å²) in [4.78, 5) is 10.4. The van der Waals surface area contributed by atoms with Crippen LogP contribution in [0.1, 0.15) is 0 Å². The fourth-order valence-electron chi connectivity index (χ4n) is 8.99. The largest absolute Gasteiger partial charge is 0.309 e. The van der Waals surface area contributed by atoms with Gasteiger partial charge < -0.3 is 9.13 Å². The lowest BCUT2D eigenvalue weighted by Crippen LogP contribution is -1.97. The number of benzene rings is 9. The van der Waals surface area contributed by atoms with Gasteiger partial charge in [0.05, 0.1) is 33.5 Å². The fourth-order valence-corrected chi connectivity index (χ4v) is 8.99. The summed E-state index contributed by atoms with van der Waals surface area (Å²) < 4.78 is 4.82. The molecule has 0 spiro atoms. The van der Waals surface area contributed by atoms with Crippen LogP contribution in [0.5, 0.6) is 0 Å². The summed E-state index contributed by atoms with van der Waals surface area (Å²) in [5.74, 6) is 0.700. The summed E-state index contributed by atoms with van der Waals surface area (Å²) in [6.07, 6.45) is 0. The minimum Gasteiger partial charge on any atom is -0.309 e. The first kappa shape index (κ1) is 32.4. The molecule has 0 amide bonds. The summed E-state index contributed by atoms with van der Waals surface area (Å²) in [5, 5.41) is 9.71. The van der Waals surface area contributed by atoms with Crippen LogP contribution in [-0.2, 0) is 0 Å². The van der Waals surface area contributed by atoms with Crippen LogP contribution >= 0.6 is 0 Å². The average Bonchev–Trinajstić information content (AvgIpc) is 3.82. The van der Waals surface area contributed by atoms with Crippen molar-refractivity contribution >= 4 is 65.2 Å². The number of aromatic nitrogens is 4. The predicted octanol–water partition coefficient (Wildman–Crippen LogP) is 14.0. The smallest absolute Gasteiger partial charge is 0.160 e. The van der Waals surface area contributed by atoms with Crippen molar-refractivity contribution in [2.75, 3.05) is 0 Å². The van der Waals surface area contributed by atoms with Crippen LogP contribution in [0.25, 0.3) is 110 Å². The van der Waals surface area contributed by atoms with Crippen LogP contribution in [0.15, 0.2) is 206 Å². The Labute approximate surface area is 334 Å². The van der Waals surface area contributed by atoms with E-state index in [1.54, 1.807) is 0 Å². The zero-order valence-corrected chi connectivity index (χ0v) is 31.4. The van der Waals surface area contributed by atoms with Crippen molar-refractivity contribution < 1.29 is 0 Å². The molecule has 0 saturated carbocycles. The second-order valence-electron chi connectivity index (χ2n) is 15.0. The van der Waals surface area contributed by atoms with Crippen molar-refractivity contribution in [3.8, 4) is 45.3 Å². The molecule has 4 heteroatoms. The van der Waals surface area contributed by atoms with Crippen molar-refractivity contribution in [2.45, 2.75) is 0 Å². The number of hydrogen-bond acceptors (Lipinski definition) is 2. The predicted molar refractivity (Wildman–Crippen MR) is 242 cm³/mol. The highest BCUT2D eigenvalue weighted by Gasteiger charge is 2.20. The third-order valence-electron chi connectivity index (χ3n) is 11.7. The normalized spacial score (nSPS) is 11.8. The van der Waals surface area contributed by atoms with Crippen LogP contribution < -0.4 is 0 Å². The van der Waals surface area contributed by atoms with Gasteiger partial charge in [0.15, 0.2) is 5.82 Å². The SMILES string of the molecule is c1ccc(-c2cc(-c3ccc4ccccc4c3)nc(-c3ccc4ccc(-n5c6ccccc6c6c7c8ccccc8n(-c8ccccc8)c7ccc65)cc4c3)n2)cc1. The molecule has 0 aliphatic heterocycles. The lowest BCUT2D eigenvalue weighted by atomic mass is 10.0. The molecule has 0 bridgehead atoms. The second-order valence-corrected chi connectivity index (χ2v) is 15.0. The van der Waals surface area contributed by atoms with E-state index in [-0.39, 0.29) is 0 Å². The van der Waals surface area contributed by atoms with Crippen molar-refractivity contribution in [1.82, 2.24) is 19.1 Å². The maximum atomic E-state index is 5.23. The van der Waals surface area contributed by atoms with Crippen LogP contribution in [0.4, 0.5) is 0 Å². The van der Waals surface area contributed by atoms with E-state index in [1.807, 2.05) is 6.07 Å². The second kappa shape index (κ2) is 12.9. The van der Waals surface area contributed by atoms with E-state index < -0.39 is 0 Å². The maximum Gasteiger partial charge on any atom is 0.160 e. The zero-order valence-electron chi connectivity index (χ0n) is 31.4. The van der Waals surface area contributed by atoms with E-state index >= 15 is 0 Å². The number of nitrogens with zero attached hydrogens (tertiary/aromatic N) is 4. The van der Waals surface area contributed by atoms with E-state index in [9.17, 15) is 0 Å². The molecule has 58 heavy (non-hydrogen) atoms. The van der Waals surface area contributed by atoms with Gasteiger partial charge in [0.2, 0.25) is 0 Å². The number of para-hydroxylation sites is 3. The molecule has 0 unspecified atom stereocenters. The molecule has 0 N–H and O–H groups in total. The van der Waals surface area contributed by atoms with Crippen LogP contribution in [-0.4, -0.2) is 19.1 Å². The van der Waals surface area contributed by atoms with E-state index in [0.717, 1.165) is 50.2 Å². The molecular weight excluding hydrogens is 705 g/mol. The molecule has 9 aromatic carbocycles. The molecule has 3 heterocycles. The van der Waals surface area contributed by atoms with Crippen LogP contribution in [0, 0.1) is 0 Å². The van der Waals surface area contributed by atoms with E-state index in [0.29, 0.717) is 5.82 Å². The summed E-state index contributed by atoms with van der Waals surface area (Å²) in [6.45, 7) is 0. The summed E-state index contributed by atoms with van der Waals surface area (Å²) in [6, 6.07) is 73.8. The van der Waals surface area contributed by atoms with E-state index in [4.69, 9.17) is 9.97 Å². The van der Waals surface area contributed by atoms with E-state index in [1.165, 1.54) is 54.4 Å². The third-order valence-corrected chi connectivity index (χ3v) is 11.7. The van der Waals surface area contributed by atoms with Gasteiger partial charge in [0, 0.05) is 49.6 Å². The number of hydrogen-bond donors (Lipinski definition) is 0. The maximum absolute atomic E-state index is 5.23. The van der Waals surface area contributed by atoms with Crippen LogP contribution in [0.2, 0.25) is 0 Å². The first-order valence-electron chi connectivity index (χ1n) is 19.7. The summed E-state index contributed by atoms with van der Waals surface area (Å²) in [5.41, 5.74) is 11.9. The highest BCUT2D eigenvalue weighted by atomic mass is 15.0. The third kappa shape index (κ3) is 5.09. The molecule has 0 aliphatic carbocycles. The molecule has 3 aromatic heterocycles. The van der Waals surface area contributed by atoms with Gasteiger partial charge >= 0.3 is 0 Å². The Hall–Kier alpha value is -7.82. The molecule has 12 rings (SSSR count). The van der Waals surface area contributed by atoms with Gasteiger partial charge in [-0.05, 0) is 88.3 Å². The first-order valence-corrected chi connectivity index (χ1v) is 19.7. The minimum atomic E-state index is 0.700. The molecule has 0 saturated heterocycles. The Morgan fingerprint density at radius 2 is 0.810 bits per heavy atom. The van der Waals surface area contributed by atoms with Gasteiger partial charge in [-0.3, -0.25) is 0 Å². The minimum absolute atomic E-state index is 0.700. The highest BCUT2D eigenvalue weighted by molar-refractivity contribution is 6.29. The van der Waals surface area contributed by atoms with Gasteiger partial charge in [0.25, 0.3) is 0 Å². The standard InChI is InChI=1S/C54H34N4/c1-3-14-37(15-4-1)46-34-47(39-25-23-35-13-7-8-16-38(35)31-39)56-54(55-46)40-26-24-36-27-28-43(33-41(36)32-40)58-49-22-12-10-20-45(49)53-51(58)30-29-50-52(53)44-19-9-11-21-48(44)57(50)42-17-5-2-6-18-42/h1-34H. The topological polar surface area (TPSA) is 35.6 Å². The molecule has 0 atom stereocenters. The van der Waals surface area contributed by atoms with Crippen molar-refractivity contribution in [3.05, 3.63) is 206 Å². The first-order chi connectivity index (χ1) is 28.7. The Kier molecular flexibility index (Phi) is 7.20. The van der Waals surface area contributed by atoms with Crippen molar-refractivity contribution in [2.24, 2.45) is 0 Å². The Morgan fingerprint density at radius 1 is 0.293 bits per heavy atom. The van der Waals surface area contributed by atoms with E-state index in [2.05, 4.69) is 209 Å². The number of rotatable bonds is 5. The molecule has 12 aromatic rings. The Balaban J connectivity index is 1.05. The molecule has 0 aliphatic rings. The average molecular weight is 739 g/mol. The Morgan fingerprint density at radius 3 is 1.52 bits per heavy atom. The molecular formula is C54H34N4. The highest BCUT2D eigenvalue weighted by Crippen LogP contribution is 2.42. The Bertz CT molecular complexity index is 3560. The van der Waals surface area contributed by atoms with Gasteiger partial charge in [-0.15, -0.1) is 0 Å². The van der Waals surface area contributed by atoms with Gasteiger partial charge in [0.1, 0.15) is 0 Å². The lowest BCUT2D eigenvalue weighted by Gasteiger charge is -2.12.